The van der Waals surface area contributed by atoms with Crippen molar-refractivity contribution in [3.63, 3.8) is 0 Å². The molecule has 0 spiro atoms. The van der Waals surface area contributed by atoms with Gasteiger partial charge in [-0.3, -0.25) is 19.4 Å². The Kier molecular flexibility index (Phi) is 4.53. The Balaban J connectivity index is 1.51. The molecule has 0 atom stereocenters. The predicted molar refractivity (Wildman–Crippen MR) is 95.0 cm³/mol. The fourth-order valence-corrected chi connectivity index (χ4v) is 4.01. The van der Waals surface area contributed by atoms with Crippen LogP contribution in [0.2, 0.25) is 0 Å². The van der Waals surface area contributed by atoms with E-state index in [2.05, 4.69) is 20.3 Å². The first-order valence-electron chi connectivity index (χ1n) is 9.18. The van der Waals surface area contributed by atoms with Crippen molar-refractivity contribution in [2.45, 2.75) is 51.2 Å². The van der Waals surface area contributed by atoms with Gasteiger partial charge in [0.05, 0.1) is 5.69 Å². The molecule has 25 heavy (non-hydrogen) atoms. The lowest BCUT2D eigenvalue weighted by atomic mass is 10.0. The van der Waals surface area contributed by atoms with Crippen LogP contribution in [0.1, 0.15) is 53.1 Å². The molecule has 6 nitrogen and oxygen atoms in total. The van der Waals surface area contributed by atoms with Crippen molar-refractivity contribution in [3.8, 4) is 0 Å². The lowest BCUT2D eigenvalue weighted by molar-refractivity contribution is 0.0929. The first-order chi connectivity index (χ1) is 12.2. The first-order valence-corrected chi connectivity index (χ1v) is 9.18. The maximum atomic E-state index is 12.7. The monoisotopic (exact) mass is 339 g/mol. The molecule has 1 aliphatic carbocycles. The number of rotatable bonds is 4. The molecule has 0 radical (unpaired) electrons. The summed E-state index contributed by atoms with van der Waals surface area (Å²) in [6.45, 7) is 2.53. The Labute approximate surface area is 148 Å². The summed E-state index contributed by atoms with van der Waals surface area (Å²) in [7, 11) is 1.94. The first kappa shape index (κ1) is 16.3. The normalized spacial score (nSPS) is 18.3. The minimum absolute atomic E-state index is 0.0107. The molecule has 0 bridgehead atoms. The van der Waals surface area contributed by atoms with E-state index in [0.29, 0.717) is 11.7 Å². The second-order valence-corrected chi connectivity index (χ2v) is 7.13. The Hall–Kier alpha value is -2.21. The molecular formula is C19H25N5O. The average Bonchev–Trinajstić information content (AvgIpc) is 3.24. The zero-order valence-corrected chi connectivity index (χ0v) is 14.7. The van der Waals surface area contributed by atoms with Gasteiger partial charge in [-0.25, -0.2) is 0 Å². The van der Waals surface area contributed by atoms with E-state index in [4.69, 9.17) is 0 Å². The van der Waals surface area contributed by atoms with Gasteiger partial charge >= 0.3 is 0 Å². The van der Waals surface area contributed by atoms with Crippen LogP contribution in [0.15, 0.2) is 24.4 Å². The van der Waals surface area contributed by atoms with Crippen molar-refractivity contribution in [3.05, 3.63) is 47.0 Å². The average molecular weight is 339 g/mol. The number of aryl methyl sites for hydroxylation is 1. The zero-order chi connectivity index (χ0) is 17.2. The van der Waals surface area contributed by atoms with Gasteiger partial charge in [-0.1, -0.05) is 18.9 Å². The summed E-state index contributed by atoms with van der Waals surface area (Å²) in [5, 5.41) is 7.72. The number of carbonyl (C=O) groups is 1. The number of nitrogens with zero attached hydrogens (tertiary/aromatic N) is 4. The van der Waals surface area contributed by atoms with Crippen molar-refractivity contribution >= 4 is 5.91 Å². The molecule has 1 fully saturated rings. The summed E-state index contributed by atoms with van der Waals surface area (Å²) in [6, 6.07) is 6.32. The topological polar surface area (TPSA) is 63.1 Å². The number of hydrogen-bond acceptors (Lipinski definition) is 4. The number of hydrogen-bond donors (Lipinski definition) is 1. The summed E-state index contributed by atoms with van der Waals surface area (Å²) < 4.78 is 1.89. The van der Waals surface area contributed by atoms with Crippen LogP contribution < -0.4 is 5.32 Å². The van der Waals surface area contributed by atoms with Crippen molar-refractivity contribution in [1.82, 2.24) is 25.0 Å². The van der Waals surface area contributed by atoms with E-state index in [9.17, 15) is 4.79 Å². The third-order valence-electron chi connectivity index (χ3n) is 5.34. The highest BCUT2D eigenvalue weighted by molar-refractivity contribution is 5.94. The molecule has 6 heteroatoms. The van der Waals surface area contributed by atoms with E-state index >= 15 is 0 Å². The van der Waals surface area contributed by atoms with E-state index in [1.165, 1.54) is 18.5 Å². The third kappa shape index (κ3) is 3.44. The molecule has 132 valence electrons. The smallest absolute Gasteiger partial charge is 0.272 e. The van der Waals surface area contributed by atoms with Crippen molar-refractivity contribution in [1.29, 1.82) is 0 Å². The fourth-order valence-electron chi connectivity index (χ4n) is 4.01. The van der Waals surface area contributed by atoms with Gasteiger partial charge < -0.3 is 5.32 Å². The molecule has 3 heterocycles. The predicted octanol–water partition coefficient (Wildman–Crippen LogP) is 2.05. The highest BCUT2D eigenvalue weighted by Crippen LogP contribution is 2.24. The third-order valence-corrected chi connectivity index (χ3v) is 5.34. The number of carbonyl (C=O) groups excluding carboxylic acids is 1. The quantitative estimate of drug-likeness (QED) is 0.926. The Morgan fingerprint density at radius 1 is 1.32 bits per heavy atom. The molecule has 2 aromatic heterocycles. The summed E-state index contributed by atoms with van der Waals surface area (Å²) >= 11 is 0. The van der Waals surface area contributed by atoms with Crippen LogP contribution in [0.25, 0.3) is 0 Å². The molecule has 0 aromatic carbocycles. The number of nitrogens with one attached hydrogen (secondary N) is 1. The minimum Gasteiger partial charge on any atom is -0.348 e. The van der Waals surface area contributed by atoms with Gasteiger partial charge in [0.25, 0.3) is 5.91 Å². The van der Waals surface area contributed by atoms with Crippen LogP contribution in [0, 0.1) is 0 Å². The standard InChI is InChI=1S/C19H25N5O/c1-23-17-9-11-24(12-15-8-4-5-10-20-15)13-16(17)18(22-23)19(25)21-14-6-2-3-7-14/h4-5,8,10,14H,2-3,6-7,9,11-13H2,1H3,(H,21,25). The van der Waals surface area contributed by atoms with Gasteiger partial charge in [-0.2, -0.15) is 5.10 Å². The van der Waals surface area contributed by atoms with Gasteiger partial charge in [-0.15, -0.1) is 0 Å². The molecule has 1 aliphatic heterocycles. The van der Waals surface area contributed by atoms with Gasteiger partial charge in [0.15, 0.2) is 5.69 Å². The fraction of sp³-hybridized carbons (Fsp3) is 0.526. The van der Waals surface area contributed by atoms with Crippen LogP contribution in [0.4, 0.5) is 0 Å². The minimum atomic E-state index is -0.0107. The summed E-state index contributed by atoms with van der Waals surface area (Å²) in [5.74, 6) is -0.0107. The van der Waals surface area contributed by atoms with E-state index in [0.717, 1.165) is 50.2 Å². The summed E-state index contributed by atoms with van der Waals surface area (Å²) in [5.41, 5.74) is 3.94. The van der Waals surface area contributed by atoms with Crippen LogP contribution in [0.3, 0.4) is 0 Å². The molecule has 4 rings (SSSR count). The maximum Gasteiger partial charge on any atom is 0.272 e. The Bertz CT molecular complexity index is 749. The molecule has 1 amide bonds. The van der Waals surface area contributed by atoms with Crippen LogP contribution in [0.5, 0.6) is 0 Å². The highest BCUT2D eigenvalue weighted by Gasteiger charge is 2.28. The maximum absolute atomic E-state index is 12.7. The molecule has 2 aliphatic rings. The van der Waals surface area contributed by atoms with Gasteiger partial charge in [0.1, 0.15) is 0 Å². The molecule has 1 saturated carbocycles. The zero-order valence-electron chi connectivity index (χ0n) is 14.7. The van der Waals surface area contributed by atoms with E-state index < -0.39 is 0 Å². The van der Waals surface area contributed by atoms with Crippen molar-refractivity contribution in [2.75, 3.05) is 6.54 Å². The molecule has 0 unspecified atom stereocenters. The lowest BCUT2D eigenvalue weighted by Gasteiger charge is -2.27. The van der Waals surface area contributed by atoms with E-state index in [1.54, 1.807) is 0 Å². The largest absolute Gasteiger partial charge is 0.348 e. The molecular weight excluding hydrogens is 314 g/mol. The molecule has 1 N–H and O–H groups in total. The second-order valence-electron chi connectivity index (χ2n) is 7.13. The number of fused-ring (bicyclic) bond motifs is 1. The number of amides is 1. The lowest BCUT2D eigenvalue weighted by Crippen LogP contribution is -2.35. The van der Waals surface area contributed by atoms with Crippen LogP contribution >= 0.6 is 0 Å². The Morgan fingerprint density at radius 3 is 2.92 bits per heavy atom. The van der Waals surface area contributed by atoms with Gasteiger partial charge in [0, 0.05) is 56.6 Å². The van der Waals surface area contributed by atoms with Crippen molar-refractivity contribution < 1.29 is 4.79 Å². The van der Waals surface area contributed by atoms with Crippen LogP contribution in [-0.4, -0.2) is 38.2 Å². The van der Waals surface area contributed by atoms with E-state index in [1.807, 2.05) is 36.1 Å². The molecule has 2 aromatic rings. The second kappa shape index (κ2) is 6.96. The Morgan fingerprint density at radius 2 is 2.16 bits per heavy atom. The van der Waals surface area contributed by atoms with E-state index in [-0.39, 0.29) is 5.91 Å². The summed E-state index contributed by atoms with van der Waals surface area (Å²) in [6.07, 6.45) is 7.35. The van der Waals surface area contributed by atoms with Crippen molar-refractivity contribution in [2.24, 2.45) is 7.05 Å². The van der Waals surface area contributed by atoms with Gasteiger partial charge in [0.2, 0.25) is 0 Å². The number of pyridine rings is 1. The van der Waals surface area contributed by atoms with Gasteiger partial charge in [-0.05, 0) is 25.0 Å². The number of aromatic nitrogens is 3. The summed E-state index contributed by atoms with van der Waals surface area (Å²) in [4.78, 5) is 19.5. The van der Waals surface area contributed by atoms with Crippen LogP contribution in [-0.2, 0) is 26.6 Å². The SMILES string of the molecule is Cn1nc(C(=O)NC2CCCC2)c2c1CCN(Cc1ccccn1)C2. The highest BCUT2D eigenvalue weighted by atomic mass is 16.2. The molecule has 0 saturated heterocycles.